The molecule has 25 heavy (non-hydrogen) atoms. The summed E-state index contributed by atoms with van der Waals surface area (Å²) in [4.78, 5) is 0. The molecule has 0 amide bonds. The normalized spacial score (nSPS) is 11.4. The zero-order valence-corrected chi connectivity index (χ0v) is 17.0. The molecule has 7 nitrogen and oxygen atoms in total. The van der Waals surface area contributed by atoms with Gasteiger partial charge in [0.2, 0.25) is 11.8 Å². The molecule has 0 aliphatic rings. The molecule has 134 valence electrons. The van der Waals surface area contributed by atoms with Crippen LogP contribution >= 0.6 is 27.5 Å². The van der Waals surface area contributed by atoms with Crippen LogP contribution in [0.4, 0.5) is 0 Å². The van der Waals surface area contributed by atoms with Crippen LogP contribution in [-0.4, -0.2) is 29.8 Å². The van der Waals surface area contributed by atoms with Crippen molar-refractivity contribution in [3.63, 3.8) is 0 Å². The van der Waals surface area contributed by atoms with Crippen molar-refractivity contribution < 1.29 is 4.42 Å². The van der Waals surface area contributed by atoms with Crippen LogP contribution in [-0.2, 0) is 25.9 Å². The van der Waals surface area contributed by atoms with Crippen LogP contribution in [0.25, 0.3) is 0 Å². The lowest BCUT2D eigenvalue weighted by atomic mass is 10.4. The maximum absolute atomic E-state index is 6.16. The minimum absolute atomic E-state index is 0.605. The Balaban J connectivity index is 1.58. The summed E-state index contributed by atoms with van der Waals surface area (Å²) < 4.78 is 10.6. The Labute approximate surface area is 159 Å². The molecule has 0 aliphatic heterocycles. The van der Waals surface area contributed by atoms with Crippen molar-refractivity contribution in [2.24, 2.45) is 0 Å². The molecular formula is C16H20BrClN6O. The number of aromatic nitrogens is 6. The largest absolute Gasteiger partial charge is 0.425 e. The predicted molar refractivity (Wildman–Crippen MR) is 97.8 cm³/mol. The molecular weight excluding hydrogens is 408 g/mol. The van der Waals surface area contributed by atoms with Crippen molar-refractivity contribution in [3.05, 3.63) is 44.1 Å². The number of nitrogens with zero attached hydrogens (tertiary/aromatic N) is 6. The van der Waals surface area contributed by atoms with E-state index in [1.54, 1.807) is 0 Å². The lowest BCUT2D eigenvalue weighted by Crippen LogP contribution is -2.06. The fourth-order valence-electron chi connectivity index (χ4n) is 2.68. The van der Waals surface area contributed by atoms with Gasteiger partial charge in [-0.3, -0.25) is 9.36 Å². The van der Waals surface area contributed by atoms with Gasteiger partial charge in [0.05, 0.1) is 26.6 Å². The summed E-state index contributed by atoms with van der Waals surface area (Å²) >= 11 is 9.70. The highest BCUT2D eigenvalue weighted by molar-refractivity contribution is 9.10. The first-order valence-electron chi connectivity index (χ1n) is 8.07. The van der Waals surface area contributed by atoms with E-state index in [9.17, 15) is 0 Å². The van der Waals surface area contributed by atoms with Crippen LogP contribution in [0.1, 0.15) is 34.6 Å². The van der Waals surface area contributed by atoms with Crippen molar-refractivity contribution in [1.29, 1.82) is 0 Å². The zero-order valence-electron chi connectivity index (χ0n) is 14.7. The monoisotopic (exact) mass is 426 g/mol. The molecule has 0 spiro atoms. The fourth-order valence-corrected chi connectivity index (χ4v) is 3.10. The average molecular weight is 428 g/mol. The van der Waals surface area contributed by atoms with Gasteiger partial charge < -0.3 is 4.42 Å². The van der Waals surface area contributed by atoms with Crippen molar-refractivity contribution in [2.75, 3.05) is 0 Å². The second-order valence-corrected chi connectivity index (χ2v) is 7.18. The van der Waals surface area contributed by atoms with Crippen molar-refractivity contribution in [1.82, 2.24) is 29.8 Å². The van der Waals surface area contributed by atoms with Gasteiger partial charge in [-0.25, -0.2) is 0 Å². The van der Waals surface area contributed by atoms with Crippen LogP contribution < -0.4 is 0 Å². The van der Waals surface area contributed by atoms with Gasteiger partial charge in [-0.2, -0.15) is 10.2 Å². The highest BCUT2D eigenvalue weighted by Gasteiger charge is 2.13. The van der Waals surface area contributed by atoms with E-state index in [2.05, 4.69) is 36.3 Å². The summed E-state index contributed by atoms with van der Waals surface area (Å²) in [7, 11) is 0. The number of aryl methyl sites for hydroxylation is 6. The zero-order chi connectivity index (χ0) is 18.1. The Morgan fingerprint density at radius 1 is 0.880 bits per heavy atom. The molecule has 3 aromatic heterocycles. The summed E-state index contributed by atoms with van der Waals surface area (Å²) in [5.74, 6) is 1.22. The fraction of sp³-hybridized carbons (Fsp3) is 0.500. The Hall–Kier alpha value is -1.67. The van der Waals surface area contributed by atoms with Crippen LogP contribution in [0, 0.1) is 27.7 Å². The molecule has 0 aliphatic carbocycles. The lowest BCUT2D eigenvalue weighted by molar-refractivity contribution is 0.417. The van der Waals surface area contributed by atoms with E-state index in [0.717, 1.165) is 27.2 Å². The molecule has 9 heteroatoms. The highest BCUT2D eigenvalue weighted by atomic mass is 79.9. The van der Waals surface area contributed by atoms with Gasteiger partial charge in [-0.15, -0.1) is 10.2 Å². The standard InChI is InChI=1S/C16H20BrClN6O/c1-9-15(17)11(3)23(21-9)7-5-13-19-20-14(25-13)6-8-24-12(4)16(18)10(2)22-24/h5-8H2,1-4H3. The summed E-state index contributed by atoms with van der Waals surface area (Å²) in [6, 6.07) is 0. The van der Waals surface area contributed by atoms with Gasteiger partial charge in [0, 0.05) is 31.6 Å². The third-order valence-electron chi connectivity index (χ3n) is 4.17. The smallest absolute Gasteiger partial charge is 0.218 e. The molecule has 3 heterocycles. The van der Waals surface area contributed by atoms with E-state index in [0.29, 0.717) is 42.7 Å². The van der Waals surface area contributed by atoms with Gasteiger partial charge >= 0.3 is 0 Å². The predicted octanol–water partition coefficient (Wildman–Crippen LogP) is 3.60. The van der Waals surface area contributed by atoms with E-state index < -0.39 is 0 Å². The number of hydrogen-bond acceptors (Lipinski definition) is 5. The quantitative estimate of drug-likeness (QED) is 0.601. The molecule has 0 fully saturated rings. The summed E-state index contributed by atoms with van der Waals surface area (Å²) in [5, 5.41) is 17.8. The molecule has 0 saturated heterocycles. The molecule has 0 bridgehead atoms. The minimum atomic E-state index is 0.605. The minimum Gasteiger partial charge on any atom is -0.425 e. The van der Waals surface area contributed by atoms with E-state index in [4.69, 9.17) is 16.0 Å². The van der Waals surface area contributed by atoms with Crippen molar-refractivity contribution in [3.8, 4) is 0 Å². The second-order valence-electron chi connectivity index (χ2n) is 6.01. The molecule has 0 atom stereocenters. The van der Waals surface area contributed by atoms with E-state index in [1.807, 2.05) is 37.1 Å². The Kier molecular flexibility index (Phi) is 5.29. The van der Waals surface area contributed by atoms with E-state index in [1.165, 1.54) is 0 Å². The van der Waals surface area contributed by atoms with Gasteiger partial charge in [-0.05, 0) is 43.6 Å². The molecule has 0 saturated carbocycles. The Morgan fingerprint density at radius 2 is 1.40 bits per heavy atom. The first kappa shape index (κ1) is 18.1. The van der Waals surface area contributed by atoms with Gasteiger partial charge in [0.25, 0.3) is 0 Å². The van der Waals surface area contributed by atoms with E-state index >= 15 is 0 Å². The van der Waals surface area contributed by atoms with Crippen LogP contribution in [0.3, 0.4) is 0 Å². The Bertz CT molecular complexity index is 826. The molecule has 3 rings (SSSR count). The molecule has 0 N–H and O–H groups in total. The highest BCUT2D eigenvalue weighted by Crippen LogP contribution is 2.20. The van der Waals surface area contributed by atoms with Gasteiger partial charge in [0.1, 0.15) is 0 Å². The molecule has 3 aromatic rings. The Morgan fingerprint density at radius 3 is 1.84 bits per heavy atom. The SMILES string of the molecule is Cc1nn(CCc2nnc(CCn3nc(C)c(Br)c3C)o2)c(C)c1Cl. The average Bonchev–Trinajstić information content (AvgIpc) is 3.22. The van der Waals surface area contributed by atoms with Crippen molar-refractivity contribution in [2.45, 2.75) is 53.6 Å². The van der Waals surface area contributed by atoms with Crippen LogP contribution in [0.2, 0.25) is 5.02 Å². The van der Waals surface area contributed by atoms with Crippen LogP contribution in [0.5, 0.6) is 0 Å². The maximum atomic E-state index is 6.16. The van der Waals surface area contributed by atoms with E-state index in [-0.39, 0.29) is 0 Å². The lowest BCUT2D eigenvalue weighted by Gasteiger charge is -2.02. The molecule has 0 radical (unpaired) electrons. The second kappa shape index (κ2) is 7.29. The first-order chi connectivity index (χ1) is 11.9. The van der Waals surface area contributed by atoms with Gasteiger partial charge in [-0.1, -0.05) is 11.6 Å². The first-order valence-corrected chi connectivity index (χ1v) is 9.24. The van der Waals surface area contributed by atoms with Crippen LogP contribution in [0.15, 0.2) is 8.89 Å². The number of hydrogen-bond donors (Lipinski definition) is 0. The maximum Gasteiger partial charge on any atom is 0.218 e. The number of rotatable bonds is 6. The summed E-state index contributed by atoms with van der Waals surface area (Å²) in [5.41, 5.74) is 3.86. The molecule has 0 unspecified atom stereocenters. The summed E-state index contributed by atoms with van der Waals surface area (Å²) in [6.45, 7) is 9.22. The third-order valence-corrected chi connectivity index (χ3v) is 5.86. The number of halogens is 2. The topological polar surface area (TPSA) is 74.6 Å². The molecule has 0 aromatic carbocycles. The van der Waals surface area contributed by atoms with Gasteiger partial charge in [0.15, 0.2) is 0 Å². The van der Waals surface area contributed by atoms with Crippen molar-refractivity contribution >= 4 is 27.5 Å². The third kappa shape index (κ3) is 3.79. The summed E-state index contributed by atoms with van der Waals surface area (Å²) in [6.07, 6.45) is 1.27.